The molecule has 1 aromatic rings. The van der Waals surface area contributed by atoms with Crippen LogP contribution in [0.3, 0.4) is 0 Å². The molecule has 1 rings (SSSR count). The van der Waals surface area contributed by atoms with Gasteiger partial charge in [-0.1, -0.05) is 6.92 Å². The Morgan fingerprint density at radius 1 is 1.21 bits per heavy atom. The van der Waals surface area contributed by atoms with Crippen molar-refractivity contribution in [3.05, 3.63) is 23.8 Å². The molecular formula is C15H21NO7S. The summed E-state index contributed by atoms with van der Waals surface area (Å²) in [4.78, 5) is 23.4. The molecule has 1 aromatic carbocycles. The minimum absolute atomic E-state index is 0.0804. The van der Waals surface area contributed by atoms with Gasteiger partial charge in [-0.15, -0.1) is 0 Å². The van der Waals surface area contributed by atoms with Crippen molar-refractivity contribution in [1.82, 2.24) is 5.32 Å². The third-order valence-electron chi connectivity index (χ3n) is 3.41. The Morgan fingerprint density at radius 3 is 2.33 bits per heavy atom. The zero-order chi connectivity index (χ0) is 18.3. The molecule has 1 amide bonds. The fourth-order valence-corrected chi connectivity index (χ4v) is 2.80. The molecule has 0 heterocycles. The van der Waals surface area contributed by atoms with E-state index >= 15 is 0 Å². The quantitative estimate of drug-likeness (QED) is 0.666. The van der Waals surface area contributed by atoms with E-state index in [2.05, 4.69) is 5.32 Å². The number of nitrogens with one attached hydrogen (secondary N) is 1. The number of carbonyl (C=O) groups excluding carboxylic acids is 1. The van der Waals surface area contributed by atoms with E-state index in [0.29, 0.717) is 11.5 Å². The molecule has 9 heteroatoms. The second kappa shape index (κ2) is 8.53. The molecule has 0 fully saturated rings. The molecule has 0 saturated carbocycles. The van der Waals surface area contributed by atoms with Gasteiger partial charge in [0.2, 0.25) is 0 Å². The number of aliphatic carboxylic acids is 1. The van der Waals surface area contributed by atoms with E-state index < -0.39 is 27.8 Å². The molecule has 8 nitrogen and oxygen atoms in total. The zero-order valence-electron chi connectivity index (χ0n) is 13.7. The first-order chi connectivity index (χ1) is 11.2. The number of benzene rings is 1. The van der Waals surface area contributed by atoms with E-state index in [0.717, 1.165) is 0 Å². The van der Waals surface area contributed by atoms with Crippen molar-refractivity contribution >= 4 is 21.7 Å². The van der Waals surface area contributed by atoms with E-state index in [4.69, 9.17) is 14.6 Å². The maximum Gasteiger partial charge on any atom is 0.326 e. The van der Waals surface area contributed by atoms with Crippen LogP contribution in [0, 0.1) is 0 Å². The largest absolute Gasteiger partial charge is 0.493 e. The fraction of sp³-hybridized carbons (Fsp3) is 0.467. The van der Waals surface area contributed by atoms with Crippen molar-refractivity contribution in [2.45, 2.75) is 19.4 Å². The van der Waals surface area contributed by atoms with Gasteiger partial charge in [-0.2, -0.15) is 0 Å². The van der Waals surface area contributed by atoms with Crippen molar-refractivity contribution in [1.29, 1.82) is 0 Å². The third-order valence-corrected chi connectivity index (χ3v) is 5.14. The number of carbonyl (C=O) groups is 2. The predicted octanol–water partition coefficient (Wildman–Crippen LogP) is 0.712. The lowest BCUT2D eigenvalue weighted by atomic mass is 10.1. The van der Waals surface area contributed by atoms with Crippen molar-refractivity contribution in [2.24, 2.45) is 0 Å². The van der Waals surface area contributed by atoms with Crippen molar-refractivity contribution in [3.63, 3.8) is 0 Å². The molecule has 1 atom stereocenters. The highest BCUT2D eigenvalue weighted by Gasteiger charge is 2.23. The molecule has 0 aliphatic heterocycles. The van der Waals surface area contributed by atoms with E-state index in [1.807, 2.05) is 0 Å². The number of hydrogen-bond donors (Lipinski definition) is 2. The van der Waals surface area contributed by atoms with Crippen LogP contribution in [0.15, 0.2) is 18.2 Å². The Balaban J connectivity index is 2.87. The van der Waals surface area contributed by atoms with Gasteiger partial charge >= 0.3 is 5.97 Å². The first-order valence-electron chi connectivity index (χ1n) is 7.20. The molecule has 0 radical (unpaired) electrons. The standard InChI is InChI=1S/C15H21NO7S/c1-4-24(20,21)8-7-11(15(18)19)16-14(17)10-5-6-12(22-2)13(9-10)23-3/h5-6,9,11H,4,7-8H2,1-3H3,(H,16,17)(H,18,19). The molecule has 0 bridgehead atoms. The van der Waals surface area contributed by atoms with Crippen molar-refractivity contribution in [3.8, 4) is 11.5 Å². The first-order valence-corrected chi connectivity index (χ1v) is 9.02. The number of hydrogen-bond acceptors (Lipinski definition) is 6. The average Bonchev–Trinajstić information content (AvgIpc) is 2.57. The highest BCUT2D eigenvalue weighted by Crippen LogP contribution is 2.27. The van der Waals surface area contributed by atoms with Crippen LogP contribution in [-0.4, -0.2) is 57.2 Å². The molecule has 134 valence electrons. The minimum Gasteiger partial charge on any atom is -0.493 e. The number of ether oxygens (including phenoxy) is 2. The normalized spacial score (nSPS) is 12.3. The van der Waals surface area contributed by atoms with E-state index in [-0.39, 0.29) is 23.5 Å². The SMILES string of the molecule is CCS(=O)(=O)CCC(NC(=O)c1ccc(OC)c(OC)c1)C(=O)O. The van der Waals surface area contributed by atoms with Gasteiger partial charge in [0.05, 0.1) is 20.0 Å². The van der Waals surface area contributed by atoms with Gasteiger partial charge in [0.15, 0.2) is 11.5 Å². The highest BCUT2D eigenvalue weighted by atomic mass is 32.2. The fourth-order valence-electron chi connectivity index (χ4n) is 1.92. The highest BCUT2D eigenvalue weighted by molar-refractivity contribution is 7.91. The maximum absolute atomic E-state index is 12.2. The van der Waals surface area contributed by atoms with Gasteiger partial charge in [-0.25, -0.2) is 13.2 Å². The van der Waals surface area contributed by atoms with Gasteiger partial charge in [-0.3, -0.25) is 4.79 Å². The molecule has 2 N–H and O–H groups in total. The average molecular weight is 359 g/mol. The summed E-state index contributed by atoms with van der Waals surface area (Å²) in [6.45, 7) is 1.48. The summed E-state index contributed by atoms with van der Waals surface area (Å²) < 4.78 is 33.1. The summed E-state index contributed by atoms with van der Waals surface area (Å²) in [5.41, 5.74) is 0.178. The molecule has 0 spiro atoms. The lowest BCUT2D eigenvalue weighted by molar-refractivity contribution is -0.139. The van der Waals surface area contributed by atoms with Gasteiger partial charge in [-0.05, 0) is 24.6 Å². The first kappa shape index (κ1) is 19.8. The van der Waals surface area contributed by atoms with Gasteiger partial charge in [0.25, 0.3) is 5.91 Å². The van der Waals surface area contributed by atoms with Crippen LogP contribution in [-0.2, 0) is 14.6 Å². The second-order valence-electron chi connectivity index (χ2n) is 4.96. The summed E-state index contributed by atoms with van der Waals surface area (Å²) >= 11 is 0. The minimum atomic E-state index is -3.32. The van der Waals surface area contributed by atoms with Crippen LogP contribution >= 0.6 is 0 Å². The van der Waals surface area contributed by atoms with Gasteiger partial charge < -0.3 is 19.9 Å². The van der Waals surface area contributed by atoms with Gasteiger partial charge in [0, 0.05) is 11.3 Å². The second-order valence-corrected chi connectivity index (χ2v) is 7.43. The lowest BCUT2D eigenvalue weighted by Crippen LogP contribution is -2.42. The molecule has 0 aromatic heterocycles. The number of amides is 1. The molecule has 0 saturated heterocycles. The predicted molar refractivity (Wildman–Crippen MR) is 87.4 cm³/mol. The molecule has 1 unspecified atom stereocenters. The summed E-state index contributed by atoms with van der Waals surface area (Å²) in [5.74, 6) is -1.58. The number of carboxylic acid groups (broad SMARTS) is 1. The zero-order valence-corrected chi connectivity index (χ0v) is 14.6. The van der Waals surface area contributed by atoms with E-state index in [9.17, 15) is 18.0 Å². The van der Waals surface area contributed by atoms with Crippen LogP contribution in [0.4, 0.5) is 0 Å². The van der Waals surface area contributed by atoms with E-state index in [1.54, 1.807) is 0 Å². The van der Waals surface area contributed by atoms with Crippen LogP contribution in [0.2, 0.25) is 0 Å². The number of sulfone groups is 1. The molecule has 0 aliphatic carbocycles. The van der Waals surface area contributed by atoms with Gasteiger partial charge in [0.1, 0.15) is 15.9 Å². The smallest absolute Gasteiger partial charge is 0.326 e. The third kappa shape index (κ3) is 5.41. The number of carboxylic acids is 1. The summed E-state index contributed by atoms with van der Waals surface area (Å²) in [6.07, 6.45) is -0.204. The number of methoxy groups -OCH3 is 2. The Labute approximate surface area is 140 Å². The van der Waals surface area contributed by atoms with Crippen LogP contribution in [0.5, 0.6) is 11.5 Å². The summed E-state index contributed by atoms with van der Waals surface area (Å²) in [5, 5.41) is 11.5. The molecule has 24 heavy (non-hydrogen) atoms. The Bertz CT molecular complexity index is 700. The van der Waals surface area contributed by atoms with Crippen molar-refractivity contribution < 1.29 is 32.6 Å². The van der Waals surface area contributed by atoms with Crippen molar-refractivity contribution in [2.75, 3.05) is 25.7 Å². The topological polar surface area (TPSA) is 119 Å². The molecular weight excluding hydrogens is 338 g/mol. The summed E-state index contributed by atoms with van der Waals surface area (Å²) in [7, 11) is -0.457. The van der Waals surface area contributed by atoms with Crippen LogP contribution in [0.25, 0.3) is 0 Å². The van der Waals surface area contributed by atoms with Crippen LogP contribution in [0.1, 0.15) is 23.7 Å². The lowest BCUT2D eigenvalue weighted by Gasteiger charge is -2.15. The monoisotopic (exact) mass is 359 g/mol. The molecule has 0 aliphatic rings. The Hall–Kier alpha value is -2.29. The summed E-state index contributed by atoms with van der Waals surface area (Å²) in [6, 6.07) is 3.09. The van der Waals surface area contributed by atoms with Crippen LogP contribution < -0.4 is 14.8 Å². The number of rotatable bonds is 9. The van der Waals surface area contributed by atoms with E-state index in [1.165, 1.54) is 39.3 Å². The maximum atomic E-state index is 12.2. The Morgan fingerprint density at radius 2 is 1.83 bits per heavy atom. The Kier molecular flexibility index (Phi) is 7.02.